The Morgan fingerprint density at radius 3 is 2.47 bits per heavy atom. The lowest BCUT2D eigenvalue weighted by molar-refractivity contribution is -0.117. The number of amides is 1. The van der Waals surface area contributed by atoms with Crippen LogP contribution in [-0.2, 0) is 14.3 Å². The number of allylic oxidation sites excluding steroid dienone is 2. The van der Waals surface area contributed by atoms with E-state index < -0.39 is 0 Å². The highest BCUT2D eigenvalue weighted by Crippen LogP contribution is 2.42. The van der Waals surface area contributed by atoms with Crippen molar-refractivity contribution in [2.75, 3.05) is 26.3 Å². The highest BCUT2D eigenvalue weighted by atomic mass is 16.6. The van der Waals surface area contributed by atoms with Crippen molar-refractivity contribution >= 4 is 17.4 Å². The minimum absolute atomic E-state index is 0.124. The van der Waals surface area contributed by atoms with Crippen LogP contribution in [0.4, 0.5) is 4.79 Å². The number of likely N-dealkylation sites (tertiary alicyclic amines) is 1. The van der Waals surface area contributed by atoms with Crippen LogP contribution < -0.4 is 0 Å². The molecule has 0 N–H and O–H groups in total. The third-order valence-corrected chi connectivity index (χ3v) is 6.72. The van der Waals surface area contributed by atoms with Crippen LogP contribution in [0.2, 0.25) is 0 Å². The molecule has 4 rings (SSSR count). The molecule has 2 fully saturated rings. The van der Waals surface area contributed by atoms with Gasteiger partial charge < -0.3 is 14.4 Å². The lowest BCUT2D eigenvalue weighted by Gasteiger charge is -2.26. The molecule has 5 nitrogen and oxygen atoms in total. The summed E-state index contributed by atoms with van der Waals surface area (Å²) in [5.74, 6) is 0.974. The molecule has 0 aromatic heterocycles. The van der Waals surface area contributed by atoms with Gasteiger partial charge in [-0.3, -0.25) is 4.79 Å². The van der Waals surface area contributed by atoms with Gasteiger partial charge in [0.15, 0.2) is 5.78 Å². The van der Waals surface area contributed by atoms with Crippen molar-refractivity contribution < 1.29 is 19.1 Å². The van der Waals surface area contributed by atoms with Crippen LogP contribution in [0.3, 0.4) is 0 Å². The Morgan fingerprint density at radius 2 is 1.83 bits per heavy atom. The predicted molar refractivity (Wildman–Crippen MR) is 116 cm³/mol. The van der Waals surface area contributed by atoms with Crippen LogP contribution in [0, 0.1) is 32.6 Å². The van der Waals surface area contributed by atoms with Crippen molar-refractivity contribution in [2.45, 2.75) is 59.3 Å². The topological polar surface area (TPSA) is 55.8 Å². The molecular formula is C25H33NO4. The van der Waals surface area contributed by atoms with Crippen LogP contribution in [0.1, 0.15) is 60.8 Å². The van der Waals surface area contributed by atoms with Crippen molar-refractivity contribution in [1.29, 1.82) is 0 Å². The monoisotopic (exact) mass is 411 g/mol. The molecule has 2 heterocycles. The van der Waals surface area contributed by atoms with Gasteiger partial charge in [-0.2, -0.15) is 0 Å². The van der Waals surface area contributed by atoms with Gasteiger partial charge in [0.2, 0.25) is 0 Å². The standard InChI is InChI=1S/C25H33NO4/c1-16-11-17(2)22(18(3)12-16)23-21(30-25(28)26-8-5-4-6-9-26)14-20(24(23)27)13-19-7-10-29-15-19/h11-12,19-20H,4-10,13-15H2,1-3H3. The molecule has 0 spiro atoms. The maximum Gasteiger partial charge on any atom is 0.414 e. The normalized spacial score (nSPS) is 24.6. The second-order valence-electron chi connectivity index (χ2n) is 9.22. The molecule has 1 aliphatic carbocycles. The number of hydrogen-bond acceptors (Lipinski definition) is 4. The Morgan fingerprint density at radius 1 is 1.13 bits per heavy atom. The summed E-state index contributed by atoms with van der Waals surface area (Å²) >= 11 is 0. The van der Waals surface area contributed by atoms with E-state index in [0.29, 0.717) is 23.7 Å². The maximum atomic E-state index is 13.5. The molecular weight excluding hydrogens is 378 g/mol. The summed E-state index contributed by atoms with van der Waals surface area (Å²) in [6, 6.07) is 4.20. The summed E-state index contributed by atoms with van der Waals surface area (Å²) < 4.78 is 11.5. The van der Waals surface area contributed by atoms with Crippen LogP contribution in [0.25, 0.3) is 5.57 Å². The fourth-order valence-electron chi connectivity index (χ4n) is 5.30. The zero-order valence-electron chi connectivity index (χ0n) is 18.5. The third kappa shape index (κ3) is 4.31. The summed E-state index contributed by atoms with van der Waals surface area (Å²) in [6.07, 6.45) is 5.20. The van der Waals surface area contributed by atoms with Crippen LogP contribution in [-0.4, -0.2) is 43.1 Å². The van der Waals surface area contributed by atoms with Crippen molar-refractivity contribution in [3.63, 3.8) is 0 Å². The van der Waals surface area contributed by atoms with E-state index in [1.54, 1.807) is 4.90 Å². The predicted octanol–water partition coefficient (Wildman–Crippen LogP) is 4.96. The van der Waals surface area contributed by atoms with Crippen molar-refractivity contribution in [3.8, 4) is 0 Å². The van der Waals surface area contributed by atoms with Gasteiger partial charge in [-0.05, 0) is 75.5 Å². The van der Waals surface area contributed by atoms with Gasteiger partial charge >= 0.3 is 6.09 Å². The fourth-order valence-corrected chi connectivity index (χ4v) is 5.30. The van der Waals surface area contributed by atoms with Gasteiger partial charge in [-0.1, -0.05) is 17.7 Å². The number of carbonyl (C=O) groups is 2. The van der Waals surface area contributed by atoms with Crippen molar-refractivity contribution in [3.05, 3.63) is 40.1 Å². The van der Waals surface area contributed by atoms with E-state index in [1.165, 1.54) is 5.56 Å². The molecule has 3 aliphatic rings. The molecule has 1 aromatic carbocycles. The average molecular weight is 412 g/mol. The first-order valence-corrected chi connectivity index (χ1v) is 11.3. The summed E-state index contributed by atoms with van der Waals surface area (Å²) in [5.41, 5.74) is 4.86. The first-order valence-electron chi connectivity index (χ1n) is 11.3. The SMILES string of the molecule is Cc1cc(C)c(C2=C(OC(=O)N3CCCCC3)CC(CC3CCOC3)C2=O)c(C)c1. The van der Waals surface area contributed by atoms with Crippen LogP contribution in [0.5, 0.6) is 0 Å². The lowest BCUT2D eigenvalue weighted by Crippen LogP contribution is -2.35. The number of ether oxygens (including phenoxy) is 2. The van der Waals surface area contributed by atoms with Crippen molar-refractivity contribution in [1.82, 2.24) is 4.90 Å². The van der Waals surface area contributed by atoms with E-state index in [4.69, 9.17) is 9.47 Å². The van der Waals surface area contributed by atoms with Crippen molar-refractivity contribution in [2.24, 2.45) is 11.8 Å². The Balaban J connectivity index is 1.64. The highest BCUT2D eigenvalue weighted by Gasteiger charge is 2.39. The van der Waals surface area contributed by atoms with Gasteiger partial charge in [0.25, 0.3) is 0 Å². The van der Waals surface area contributed by atoms with Gasteiger partial charge in [-0.25, -0.2) is 4.79 Å². The number of hydrogen-bond donors (Lipinski definition) is 0. The molecule has 162 valence electrons. The molecule has 2 unspecified atom stereocenters. The molecule has 30 heavy (non-hydrogen) atoms. The summed E-state index contributed by atoms with van der Waals surface area (Å²) in [4.78, 5) is 28.2. The maximum absolute atomic E-state index is 13.5. The second kappa shape index (κ2) is 8.93. The molecule has 1 amide bonds. The van der Waals surface area contributed by atoms with Gasteiger partial charge in [0.05, 0.1) is 5.57 Å². The summed E-state index contributed by atoms with van der Waals surface area (Å²) in [6.45, 7) is 9.12. The number of aryl methyl sites for hydroxylation is 3. The van der Waals surface area contributed by atoms with E-state index in [2.05, 4.69) is 19.1 Å². The Labute approximate surface area is 179 Å². The van der Waals surface area contributed by atoms with E-state index in [1.807, 2.05) is 13.8 Å². The lowest BCUT2D eigenvalue weighted by atomic mass is 9.87. The zero-order valence-corrected chi connectivity index (χ0v) is 18.5. The Kier molecular flexibility index (Phi) is 6.28. The van der Waals surface area contributed by atoms with E-state index in [9.17, 15) is 9.59 Å². The largest absolute Gasteiger partial charge is 0.414 e. The zero-order chi connectivity index (χ0) is 21.3. The molecule has 2 aliphatic heterocycles. The molecule has 0 saturated carbocycles. The number of carbonyl (C=O) groups excluding carboxylic acids is 2. The molecule has 5 heteroatoms. The average Bonchev–Trinajstić information content (AvgIpc) is 3.32. The Hall–Kier alpha value is -2.14. The number of nitrogens with zero attached hydrogens (tertiary/aromatic N) is 1. The van der Waals surface area contributed by atoms with Crippen LogP contribution >= 0.6 is 0 Å². The molecule has 1 aromatic rings. The minimum atomic E-state index is -0.303. The van der Waals surface area contributed by atoms with E-state index in [0.717, 1.165) is 75.1 Å². The van der Waals surface area contributed by atoms with E-state index >= 15 is 0 Å². The van der Waals surface area contributed by atoms with Gasteiger partial charge in [-0.15, -0.1) is 0 Å². The molecule has 2 atom stereocenters. The fraction of sp³-hybridized carbons (Fsp3) is 0.600. The quantitative estimate of drug-likeness (QED) is 0.703. The minimum Gasteiger partial charge on any atom is -0.414 e. The molecule has 0 bridgehead atoms. The van der Waals surface area contributed by atoms with Crippen LogP contribution in [0.15, 0.2) is 17.9 Å². The summed E-state index contributed by atoms with van der Waals surface area (Å²) in [7, 11) is 0. The number of piperidine rings is 1. The highest BCUT2D eigenvalue weighted by molar-refractivity contribution is 6.25. The van der Waals surface area contributed by atoms with Gasteiger partial charge in [0, 0.05) is 38.6 Å². The molecule has 0 radical (unpaired) electrons. The Bertz CT molecular complexity index is 837. The smallest absolute Gasteiger partial charge is 0.414 e. The third-order valence-electron chi connectivity index (χ3n) is 6.72. The number of Topliss-reactive ketones (excluding diaryl/α,β-unsaturated/α-hetero) is 1. The van der Waals surface area contributed by atoms with E-state index in [-0.39, 0.29) is 17.8 Å². The first-order chi connectivity index (χ1) is 14.4. The molecule has 2 saturated heterocycles. The van der Waals surface area contributed by atoms with Gasteiger partial charge in [0.1, 0.15) is 5.76 Å². The number of ketones is 1. The number of benzene rings is 1. The second-order valence-corrected chi connectivity index (χ2v) is 9.22. The number of rotatable bonds is 4. The summed E-state index contributed by atoms with van der Waals surface area (Å²) in [5, 5.41) is 0. The first kappa shape index (κ1) is 21.1.